The number of fused-ring (bicyclic) bond motifs is 2. The number of para-hydroxylation sites is 1. The lowest BCUT2D eigenvalue weighted by atomic mass is 9.63. The van der Waals surface area contributed by atoms with Gasteiger partial charge in [-0.2, -0.15) is 5.26 Å². The van der Waals surface area contributed by atoms with Crippen molar-refractivity contribution in [3.63, 3.8) is 0 Å². The normalized spacial score (nSPS) is 12.7. The van der Waals surface area contributed by atoms with Crippen molar-refractivity contribution in [2.45, 2.75) is 5.41 Å². The van der Waals surface area contributed by atoms with Crippen molar-refractivity contribution >= 4 is 0 Å². The summed E-state index contributed by atoms with van der Waals surface area (Å²) in [5.41, 5.74) is 6.79. The predicted molar refractivity (Wildman–Crippen MR) is 179 cm³/mol. The number of nitrogens with zero attached hydrogens (tertiary/aromatic N) is 4. The molecule has 0 bridgehead atoms. The van der Waals surface area contributed by atoms with Crippen molar-refractivity contribution in [2.75, 3.05) is 0 Å². The largest absolute Gasteiger partial charge is 0.457 e. The van der Waals surface area contributed by atoms with E-state index < -0.39 is 5.41 Å². The fourth-order valence-corrected chi connectivity index (χ4v) is 6.39. The number of benzene rings is 6. The van der Waals surface area contributed by atoms with Gasteiger partial charge in [-0.25, -0.2) is 15.0 Å². The topological polar surface area (TPSA) is 71.7 Å². The standard InChI is InChI=1S/C41H26N4O/c42-27-28-20-22-30(23-21-28)39-43-38(29-12-4-1-5-13-29)44-40(45-39)31-24-25-37-35(26-31)41(32-14-6-2-7-15-32,33-16-8-3-9-17-33)34-18-10-11-19-36(34)46-37/h1-26H. The fourth-order valence-electron chi connectivity index (χ4n) is 6.39. The van der Waals surface area contributed by atoms with Gasteiger partial charge in [-0.3, -0.25) is 0 Å². The Hall–Kier alpha value is -6.38. The van der Waals surface area contributed by atoms with Crippen LogP contribution < -0.4 is 4.74 Å². The molecule has 0 saturated heterocycles. The van der Waals surface area contributed by atoms with Gasteiger partial charge < -0.3 is 4.74 Å². The van der Waals surface area contributed by atoms with E-state index in [1.807, 2.05) is 78.9 Å². The number of hydrogen-bond acceptors (Lipinski definition) is 5. The van der Waals surface area contributed by atoms with Gasteiger partial charge in [0.05, 0.1) is 17.0 Å². The van der Waals surface area contributed by atoms with Crippen LogP contribution in [0.1, 0.15) is 27.8 Å². The summed E-state index contributed by atoms with van der Waals surface area (Å²) < 4.78 is 6.59. The summed E-state index contributed by atoms with van der Waals surface area (Å²) in [4.78, 5) is 14.9. The molecule has 0 spiro atoms. The molecule has 7 aromatic rings. The zero-order valence-corrected chi connectivity index (χ0v) is 24.7. The number of ether oxygens (including phenoxy) is 1. The second kappa shape index (κ2) is 11.3. The Morgan fingerprint density at radius 2 is 0.935 bits per heavy atom. The minimum Gasteiger partial charge on any atom is -0.457 e. The van der Waals surface area contributed by atoms with E-state index in [1.165, 1.54) is 0 Å². The quantitative estimate of drug-likeness (QED) is 0.200. The number of aromatic nitrogens is 3. The Morgan fingerprint density at radius 1 is 0.457 bits per heavy atom. The Morgan fingerprint density at radius 3 is 1.54 bits per heavy atom. The number of nitriles is 1. The molecule has 0 N–H and O–H groups in total. The third kappa shape index (κ3) is 4.52. The van der Waals surface area contributed by atoms with Crippen molar-refractivity contribution in [1.82, 2.24) is 15.0 Å². The molecular formula is C41H26N4O. The summed E-state index contributed by atoms with van der Waals surface area (Å²) in [5.74, 6) is 3.25. The SMILES string of the molecule is N#Cc1ccc(-c2nc(-c3ccccc3)nc(-c3ccc4c(c3)C(c3ccccc3)(c3ccccc3)c3ccccc3O4)n2)cc1. The Labute approximate surface area is 267 Å². The van der Waals surface area contributed by atoms with Crippen molar-refractivity contribution in [3.8, 4) is 51.7 Å². The molecule has 0 atom stereocenters. The molecule has 5 nitrogen and oxygen atoms in total. The zero-order valence-electron chi connectivity index (χ0n) is 24.7. The van der Waals surface area contributed by atoms with E-state index in [-0.39, 0.29) is 0 Å². The van der Waals surface area contributed by atoms with E-state index in [0.717, 1.165) is 50.4 Å². The third-order valence-electron chi connectivity index (χ3n) is 8.51. The molecule has 6 aromatic carbocycles. The second-order valence-corrected chi connectivity index (χ2v) is 11.2. The van der Waals surface area contributed by atoms with Crippen LogP contribution in [0.3, 0.4) is 0 Å². The molecule has 1 aliphatic heterocycles. The van der Waals surface area contributed by atoms with Gasteiger partial charge in [0.2, 0.25) is 0 Å². The number of hydrogen-bond donors (Lipinski definition) is 0. The molecular weight excluding hydrogens is 564 g/mol. The summed E-state index contributed by atoms with van der Waals surface area (Å²) >= 11 is 0. The van der Waals surface area contributed by atoms with E-state index in [2.05, 4.69) is 72.8 Å². The average molecular weight is 591 g/mol. The molecule has 216 valence electrons. The van der Waals surface area contributed by atoms with Crippen LogP contribution in [-0.2, 0) is 5.41 Å². The molecule has 1 aromatic heterocycles. The molecule has 0 radical (unpaired) electrons. The lowest BCUT2D eigenvalue weighted by molar-refractivity contribution is 0.434. The lowest BCUT2D eigenvalue weighted by Crippen LogP contribution is -2.34. The van der Waals surface area contributed by atoms with Gasteiger partial charge in [-0.1, -0.05) is 109 Å². The molecule has 0 fully saturated rings. The van der Waals surface area contributed by atoms with Crippen LogP contribution >= 0.6 is 0 Å². The smallest absolute Gasteiger partial charge is 0.164 e. The molecule has 0 unspecified atom stereocenters. The highest BCUT2D eigenvalue weighted by atomic mass is 16.5. The molecule has 0 aliphatic carbocycles. The van der Waals surface area contributed by atoms with Crippen molar-refractivity contribution < 1.29 is 4.74 Å². The summed E-state index contributed by atoms with van der Waals surface area (Å²) in [6, 6.07) is 55.1. The summed E-state index contributed by atoms with van der Waals surface area (Å²) in [7, 11) is 0. The third-order valence-corrected chi connectivity index (χ3v) is 8.51. The fraction of sp³-hybridized carbons (Fsp3) is 0.0244. The Balaban J connectivity index is 1.39. The summed E-state index contributed by atoms with van der Waals surface area (Å²) in [6.07, 6.45) is 0. The van der Waals surface area contributed by atoms with Gasteiger partial charge in [0.1, 0.15) is 11.5 Å². The highest BCUT2D eigenvalue weighted by molar-refractivity contribution is 5.74. The first-order valence-electron chi connectivity index (χ1n) is 15.1. The van der Waals surface area contributed by atoms with Crippen molar-refractivity contribution in [3.05, 3.63) is 186 Å². The predicted octanol–water partition coefficient (Wildman–Crippen LogP) is 9.23. The zero-order chi connectivity index (χ0) is 30.9. The van der Waals surface area contributed by atoms with E-state index >= 15 is 0 Å². The van der Waals surface area contributed by atoms with Gasteiger partial charge in [0.25, 0.3) is 0 Å². The van der Waals surface area contributed by atoms with Crippen LogP contribution in [0.2, 0.25) is 0 Å². The molecule has 0 amide bonds. The van der Waals surface area contributed by atoms with Crippen LogP contribution in [0.5, 0.6) is 11.5 Å². The van der Waals surface area contributed by atoms with Crippen molar-refractivity contribution in [1.29, 1.82) is 5.26 Å². The first-order valence-corrected chi connectivity index (χ1v) is 15.1. The molecule has 8 rings (SSSR count). The monoisotopic (exact) mass is 590 g/mol. The van der Waals surface area contributed by atoms with E-state index in [4.69, 9.17) is 19.7 Å². The van der Waals surface area contributed by atoms with Crippen molar-refractivity contribution in [2.24, 2.45) is 0 Å². The highest BCUT2D eigenvalue weighted by Gasteiger charge is 2.45. The molecule has 5 heteroatoms. The molecule has 1 aliphatic rings. The number of rotatable bonds is 5. The van der Waals surface area contributed by atoms with Crippen LogP contribution in [-0.4, -0.2) is 15.0 Å². The summed E-state index contributed by atoms with van der Waals surface area (Å²) in [5, 5.41) is 9.35. The van der Waals surface area contributed by atoms with Gasteiger partial charge >= 0.3 is 0 Å². The van der Waals surface area contributed by atoms with E-state index in [9.17, 15) is 5.26 Å². The van der Waals surface area contributed by atoms with Gasteiger partial charge in [-0.05, 0) is 59.7 Å². The summed E-state index contributed by atoms with van der Waals surface area (Å²) in [6.45, 7) is 0. The van der Waals surface area contributed by atoms with Crippen LogP contribution in [0, 0.1) is 11.3 Å². The van der Waals surface area contributed by atoms with Crippen LogP contribution in [0.25, 0.3) is 34.2 Å². The minimum absolute atomic E-state index is 0.532. The minimum atomic E-state index is -0.659. The maximum absolute atomic E-state index is 9.35. The maximum atomic E-state index is 9.35. The molecule has 2 heterocycles. The highest BCUT2D eigenvalue weighted by Crippen LogP contribution is 2.55. The lowest BCUT2D eigenvalue weighted by Gasteiger charge is -2.41. The van der Waals surface area contributed by atoms with Gasteiger partial charge in [0, 0.05) is 27.8 Å². The maximum Gasteiger partial charge on any atom is 0.164 e. The molecule has 46 heavy (non-hydrogen) atoms. The molecule has 0 saturated carbocycles. The van der Waals surface area contributed by atoms with Crippen LogP contribution in [0.4, 0.5) is 0 Å². The van der Waals surface area contributed by atoms with Crippen LogP contribution in [0.15, 0.2) is 158 Å². The van der Waals surface area contributed by atoms with Gasteiger partial charge in [0.15, 0.2) is 17.5 Å². The first-order chi connectivity index (χ1) is 22.7. The van der Waals surface area contributed by atoms with E-state index in [1.54, 1.807) is 12.1 Å². The van der Waals surface area contributed by atoms with E-state index in [0.29, 0.717) is 23.0 Å². The Bertz CT molecular complexity index is 2190. The first kappa shape index (κ1) is 27.2. The second-order valence-electron chi connectivity index (χ2n) is 11.2. The Kier molecular flexibility index (Phi) is 6.67. The average Bonchev–Trinajstić information content (AvgIpc) is 3.14. The van der Waals surface area contributed by atoms with Gasteiger partial charge in [-0.15, -0.1) is 0 Å².